The molecule has 46 heavy (non-hydrogen) atoms. The minimum absolute atomic E-state index is 0.945. The van der Waals surface area contributed by atoms with Gasteiger partial charge in [-0.2, -0.15) is 0 Å². The van der Waals surface area contributed by atoms with Crippen LogP contribution >= 0.6 is 11.3 Å². The Labute approximate surface area is 267 Å². The van der Waals surface area contributed by atoms with E-state index in [-0.39, 0.29) is 0 Å². The zero-order chi connectivity index (χ0) is 29.9. The summed E-state index contributed by atoms with van der Waals surface area (Å²) in [5.41, 5.74) is 6.96. The van der Waals surface area contributed by atoms with Crippen molar-refractivity contribution in [1.82, 2.24) is 0 Å². The summed E-state index contributed by atoms with van der Waals surface area (Å²) in [6.07, 6.45) is 0. The molecular weight excluding hydrogens is 577 g/mol. The van der Waals surface area contributed by atoms with E-state index >= 15 is 0 Å². The molecule has 0 aliphatic heterocycles. The number of thiophene rings is 1. The second-order valence-corrected chi connectivity index (χ2v) is 13.5. The minimum atomic E-state index is 0.945. The molecule has 2 heterocycles. The van der Waals surface area contributed by atoms with Crippen LogP contribution in [0.1, 0.15) is 0 Å². The predicted molar refractivity (Wildman–Crippen MR) is 199 cm³/mol. The van der Waals surface area contributed by atoms with Crippen molar-refractivity contribution in [2.24, 2.45) is 0 Å². The van der Waals surface area contributed by atoms with Crippen LogP contribution in [-0.2, 0) is 0 Å². The summed E-state index contributed by atoms with van der Waals surface area (Å²) in [6, 6.07) is 53.6. The van der Waals surface area contributed by atoms with Crippen LogP contribution in [0.2, 0.25) is 0 Å². The number of hydrogen-bond acceptors (Lipinski definition) is 2. The SMILES string of the molecule is c1ccc2cc3c(cc2c1)sc1cc(-c2c4ccccc4c(-c4ccc5oc6cccc7ccc4c5c76)c4ccccc24)ccc13. The fourth-order valence-corrected chi connectivity index (χ4v) is 9.19. The average Bonchev–Trinajstić information content (AvgIpc) is 3.67. The lowest BCUT2D eigenvalue weighted by Crippen LogP contribution is -1.91. The van der Waals surface area contributed by atoms with Gasteiger partial charge in [-0.25, -0.2) is 0 Å². The molecule has 0 bridgehead atoms. The molecule has 2 heteroatoms. The van der Waals surface area contributed by atoms with Crippen molar-refractivity contribution in [1.29, 1.82) is 0 Å². The van der Waals surface area contributed by atoms with Gasteiger partial charge in [0.15, 0.2) is 0 Å². The lowest BCUT2D eigenvalue weighted by Gasteiger charge is -2.19. The van der Waals surface area contributed by atoms with Crippen LogP contribution in [0.15, 0.2) is 150 Å². The molecule has 11 aromatic rings. The number of benzene rings is 9. The molecule has 1 nitrogen and oxygen atoms in total. The smallest absolute Gasteiger partial charge is 0.136 e. The van der Waals surface area contributed by atoms with Crippen LogP contribution in [0, 0.1) is 0 Å². The van der Waals surface area contributed by atoms with Crippen molar-refractivity contribution in [3.63, 3.8) is 0 Å². The monoisotopic (exact) mass is 600 g/mol. The second-order valence-electron chi connectivity index (χ2n) is 12.4. The molecule has 0 saturated carbocycles. The van der Waals surface area contributed by atoms with Gasteiger partial charge < -0.3 is 4.42 Å². The summed E-state index contributed by atoms with van der Waals surface area (Å²) in [6.45, 7) is 0. The third-order valence-electron chi connectivity index (χ3n) is 9.99. The summed E-state index contributed by atoms with van der Waals surface area (Å²) < 4.78 is 9.00. The molecule has 0 aliphatic rings. The zero-order valence-electron chi connectivity index (χ0n) is 24.7. The highest BCUT2D eigenvalue weighted by Gasteiger charge is 2.21. The van der Waals surface area contributed by atoms with Crippen molar-refractivity contribution in [2.75, 3.05) is 0 Å². The van der Waals surface area contributed by atoms with Crippen LogP contribution in [0.4, 0.5) is 0 Å². The van der Waals surface area contributed by atoms with Crippen molar-refractivity contribution >= 4 is 96.5 Å². The van der Waals surface area contributed by atoms with E-state index < -0.39 is 0 Å². The van der Waals surface area contributed by atoms with Crippen molar-refractivity contribution in [3.05, 3.63) is 146 Å². The van der Waals surface area contributed by atoms with E-state index in [9.17, 15) is 0 Å². The molecule has 0 amide bonds. The summed E-state index contributed by atoms with van der Waals surface area (Å²) in [5.74, 6) is 0. The van der Waals surface area contributed by atoms with Crippen molar-refractivity contribution in [2.45, 2.75) is 0 Å². The fourth-order valence-electron chi connectivity index (χ4n) is 8.01. The predicted octanol–water partition coefficient (Wildman–Crippen LogP) is 13.3. The minimum Gasteiger partial charge on any atom is -0.456 e. The van der Waals surface area contributed by atoms with Crippen LogP contribution in [0.25, 0.3) is 107 Å². The molecule has 2 aromatic heterocycles. The third-order valence-corrected chi connectivity index (χ3v) is 11.1. The van der Waals surface area contributed by atoms with Crippen molar-refractivity contribution < 1.29 is 4.42 Å². The maximum Gasteiger partial charge on any atom is 0.136 e. The van der Waals surface area contributed by atoms with Gasteiger partial charge in [-0.05, 0) is 102 Å². The van der Waals surface area contributed by atoms with Crippen molar-refractivity contribution in [3.8, 4) is 22.3 Å². The van der Waals surface area contributed by atoms with E-state index in [1.807, 2.05) is 11.3 Å². The molecule has 11 rings (SSSR count). The Morgan fingerprint density at radius 2 is 1.00 bits per heavy atom. The highest BCUT2D eigenvalue weighted by Crippen LogP contribution is 2.48. The Bertz CT molecular complexity index is 2970. The normalized spacial score (nSPS) is 12.3. The van der Waals surface area contributed by atoms with Gasteiger partial charge in [0.1, 0.15) is 11.2 Å². The molecule has 0 fully saturated rings. The summed E-state index contributed by atoms with van der Waals surface area (Å²) in [7, 11) is 0. The van der Waals surface area contributed by atoms with E-state index in [4.69, 9.17) is 4.42 Å². The third kappa shape index (κ3) is 3.24. The Morgan fingerprint density at radius 3 is 1.78 bits per heavy atom. The van der Waals surface area contributed by atoms with E-state index in [0.29, 0.717) is 0 Å². The van der Waals surface area contributed by atoms with Gasteiger partial charge in [-0.1, -0.05) is 109 Å². The molecule has 212 valence electrons. The Hall–Kier alpha value is -5.70. The quantitative estimate of drug-likeness (QED) is 0.142. The molecule has 0 spiro atoms. The van der Waals surface area contributed by atoms with E-state index in [2.05, 4.69) is 146 Å². The zero-order valence-corrected chi connectivity index (χ0v) is 25.5. The Balaban J connectivity index is 1.22. The Morgan fingerprint density at radius 1 is 0.370 bits per heavy atom. The highest BCUT2D eigenvalue weighted by atomic mass is 32.1. The number of fused-ring (bicyclic) bond motifs is 6. The van der Waals surface area contributed by atoms with E-state index in [0.717, 1.165) is 11.2 Å². The maximum absolute atomic E-state index is 6.34. The van der Waals surface area contributed by atoms with Gasteiger partial charge >= 0.3 is 0 Å². The summed E-state index contributed by atoms with van der Waals surface area (Å²) in [4.78, 5) is 0. The lowest BCUT2D eigenvalue weighted by atomic mass is 9.84. The molecule has 0 atom stereocenters. The molecule has 0 radical (unpaired) electrons. The first-order valence-corrected chi connectivity index (χ1v) is 16.6. The first-order valence-electron chi connectivity index (χ1n) is 15.8. The van der Waals surface area contributed by atoms with E-state index in [1.165, 1.54) is 96.3 Å². The van der Waals surface area contributed by atoms with Gasteiger partial charge in [0.2, 0.25) is 0 Å². The van der Waals surface area contributed by atoms with Crippen LogP contribution in [0.3, 0.4) is 0 Å². The summed E-state index contributed by atoms with van der Waals surface area (Å²) >= 11 is 1.89. The molecule has 0 saturated heterocycles. The van der Waals surface area contributed by atoms with Gasteiger partial charge in [0, 0.05) is 30.9 Å². The average molecular weight is 601 g/mol. The van der Waals surface area contributed by atoms with E-state index in [1.54, 1.807) is 0 Å². The molecule has 0 N–H and O–H groups in total. The number of furan rings is 1. The second kappa shape index (κ2) is 8.94. The highest BCUT2D eigenvalue weighted by molar-refractivity contribution is 7.25. The number of hydrogen-bond donors (Lipinski definition) is 0. The summed E-state index contributed by atoms with van der Waals surface area (Å²) in [5, 5.41) is 15.2. The standard InChI is InChI=1S/C44H24OS/c1-2-9-27-23-40-36(22-26(27)8-1)29-18-17-28(24-39(29)46-40)41-30-11-3-5-13-32(30)43(33-14-6-4-12-31(33)41)34-20-21-38-44-35(34)19-16-25-10-7-15-37(45-38)42(25)44/h1-24H. The number of rotatable bonds is 2. The first-order chi connectivity index (χ1) is 22.8. The molecular formula is C44H24OS. The van der Waals surface area contributed by atoms with Gasteiger partial charge in [0.25, 0.3) is 0 Å². The first kappa shape index (κ1) is 24.6. The largest absolute Gasteiger partial charge is 0.456 e. The fraction of sp³-hybridized carbons (Fsp3) is 0. The molecule has 9 aromatic carbocycles. The van der Waals surface area contributed by atoms with Gasteiger partial charge in [0.05, 0.1) is 0 Å². The molecule has 0 aliphatic carbocycles. The Kier molecular flexibility index (Phi) is 4.78. The lowest BCUT2D eigenvalue weighted by molar-refractivity contribution is 0.669. The van der Waals surface area contributed by atoms with Gasteiger partial charge in [-0.3, -0.25) is 0 Å². The topological polar surface area (TPSA) is 13.1 Å². The van der Waals surface area contributed by atoms with Gasteiger partial charge in [-0.15, -0.1) is 11.3 Å². The van der Waals surface area contributed by atoms with Crippen LogP contribution in [0.5, 0.6) is 0 Å². The maximum atomic E-state index is 6.34. The molecule has 0 unspecified atom stereocenters. The van der Waals surface area contributed by atoms with Crippen LogP contribution in [-0.4, -0.2) is 0 Å². The van der Waals surface area contributed by atoms with Crippen LogP contribution < -0.4 is 0 Å².